The van der Waals surface area contributed by atoms with E-state index in [-0.39, 0.29) is 17.4 Å². The SMILES string of the molecule is CC(C)CONS(=O)(=O)c1cnn(CC(=O)O)c1. The van der Waals surface area contributed by atoms with Gasteiger partial charge in [0.1, 0.15) is 11.4 Å². The Bertz CT molecular complexity index is 508. The molecular weight excluding hydrogens is 262 g/mol. The lowest BCUT2D eigenvalue weighted by molar-refractivity contribution is -0.137. The Kier molecular flexibility index (Phi) is 4.82. The first kappa shape index (κ1) is 14.6. The first-order valence-electron chi connectivity index (χ1n) is 5.19. The van der Waals surface area contributed by atoms with Gasteiger partial charge in [0.15, 0.2) is 0 Å². The van der Waals surface area contributed by atoms with Gasteiger partial charge in [0.2, 0.25) is 0 Å². The summed E-state index contributed by atoms with van der Waals surface area (Å²) in [7, 11) is -3.82. The van der Waals surface area contributed by atoms with Crippen molar-refractivity contribution in [2.75, 3.05) is 6.61 Å². The number of carboxylic acids is 1. The largest absolute Gasteiger partial charge is 0.480 e. The lowest BCUT2D eigenvalue weighted by atomic mass is 10.2. The number of aromatic nitrogens is 2. The van der Waals surface area contributed by atoms with Crippen molar-refractivity contribution in [3.63, 3.8) is 0 Å². The Morgan fingerprint density at radius 2 is 2.28 bits per heavy atom. The molecular formula is C9H15N3O5S. The van der Waals surface area contributed by atoms with Crippen molar-refractivity contribution in [2.24, 2.45) is 5.92 Å². The van der Waals surface area contributed by atoms with Gasteiger partial charge in [-0.15, -0.1) is 0 Å². The second-order valence-corrected chi connectivity index (χ2v) is 5.70. The summed E-state index contributed by atoms with van der Waals surface area (Å²) in [6.45, 7) is 3.59. The van der Waals surface area contributed by atoms with E-state index in [9.17, 15) is 13.2 Å². The number of carbonyl (C=O) groups is 1. The van der Waals surface area contributed by atoms with Crippen LogP contribution in [-0.4, -0.2) is 35.9 Å². The van der Waals surface area contributed by atoms with E-state index in [2.05, 4.69) is 5.10 Å². The van der Waals surface area contributed by atoms with Crippen LogP contribution >= 0.6 is 0 Å². The monoisotopic (exact) mass is 277 g/mol. The minimum atomic E-state index is -3.82. The van der Waals surface area contributed by atoms with Crippen molar-refractivity contribution in [1.82, 2.24) is 14.7 Å². The van der Waals surface area contributed by atoms with Crippen molar-refractivity contribution in [1.29, 1.82) is 0 Å². The van der Waals surface area contributed by atoms with E-state index in [1.807, 2.05) is 18.7 Å². The quantitative estimate of drug-likeness (QED) is 0.670. The molecule has 0 spiro atoms. The molecule has 0 bridgehead atoms. The summed E-state index contributed by atoms with van der Waals surface area (Å²) in [4.78, 5) is 17.0. The summed E-state index contributed by atoms with van der Waals surface area (Å²) < 4.78 is 24.4. The summed E-state index contributed by atoms with van der Waals surface area (Å²) in [6.07, 6.45) is 2.18. The van der Waals surface area contributed by atoms with Crippen LogP contribution in [0.1, 0.15) is 13.8 Å². The predicted octanol–water partition coefficient (Wildman–Crippen LogP) is -0.166. The Morgan fingerprint density at radius 1 is 1.61 bits per heavy atom. The highest BCUT2D eigenvalue weighted by Crippen LogP contribution is 2.07. The fraction of sp³-hybridized carbons (Fsp3) is 0.556. The second-order valence-electron chi connectivity index (χ2n) is 4.06. The zero-order valence-corrected chi connectivity index (χ0v) is 10.8. The fourth-order valence-electron chi connectivity index (χ4n) is 1.03. The van der Waals surface area contributed by atoms with E-state index in [1.165, 1.54) is 0 Å². The second kappa shape index (κ2) is 5.94. The van der Waals surface area contributed by atoms with E-state index in [1.54, 1.807) is 0 Å². The van der Waals surface area contributed by atoms with Crippen LogP contribution in [0, 0.1) is 5.92 Å². The smallest absolute Gasteiger partial charge is 0.325 e. The van der Waals surface area contributed by atoms with Gasteiger partial charge in [0, 0.05) is 6.20 Å². The molecule has 1 rings (SSSR count). The maximum Gasteiger partial charge on any atom is 0.325 e. The van der Waals surface area contributed by atoms with Crippen LogP contribution in [-0.2, 0) is 26.2 Å². The average Bonchev–Trinajstić information content (AvgIpc) is 2.64. The van der Waals surface area contributed by atoms with Crippen molar-refractivity contribution in [3.8, 4) is 0 Å². The number of aliphatic carboxylic acids is 1. The molecule has 1 heterocycles. The lowest BCUT2D eigenvalue weighted by Gasteiger charge is -2.07. The van der Waals surface area contributed by atoms with E-state index >= 15 is 0 Å². The molecule has 0 saturated carbocycles. The van der Waals surface area contributed by atoms with Gasteiger partial charge in [-0.2, -0.15) is 5.10 Å². The minimum Gasteiger partial charge on any atom is -0.480 e. The molecule has 0 amide bonds. The molecule has 1 aromatic heterocycles. The van der Waals surface area contributed by atoms with Crippen molar-refractivity contribution < 1.29 is 23.2 Å². The van der Waals surface area contributed by atoms with Gasteiger partial charge in [-0.3, -0.25) is 14.3 Å². The van der Waals surface area contributed by atoms with E-state index in [4.69, 9.17) is 9.94 Å². The van der Waals surface area contributed by atoms with Crippen molar-refractivity contribution in [3.05, 3.63) is 12.4 Å². The number of hydrogen-bond donors (Lipinski definition) is 2. The van der Waals surface area contributed by atoms with Crippen LogP contribution < -0.4 is 4.89 Å². The molecule has 0 fully saturated rings. The molecule has 0 saturated heterocycles. The van der Waals surface area contributed by atoms with Gasteiger partial charge in [-0.05, 0) is 5.92 Å². The van der Waals surface area contributed by atoms with Crippen LogP contribution in [0.5, 0.6) is 0 Å². The summed E-state index contributed by atoms with van der Waals surface area (Å²) in [5.74, 6) is -0.923. The van der Waals surface area contributed by atoms with Gasteiger partial charge in [0.05, 0.1) is 12.8 Å². The fourth-order valence-corrected chi connectivity index (χ4v) is 1.80. The Balaban J connectivity index is 2.67. The molecule has 0 aliphatic heterocycles. The molecule has 8 nitrogen and oxygen atoms in total. The number of carboxylic acid groups (broad SMARTS) is 1. The van der Waals surface area contributed by atoms with Crippen LogP contribution in [0.25, 0.3) is 0 Å². The maximum absolute atomic E-state index is 11.7. The number of nitrogens with zero attached hydrogens (tertiary/aromatic N) is 2. The third-order valence-corrected chi connectivity index (χ3v) is 2.97. The molecule has 2 N–H and O–H groups in total. The van der Waals surface area contributed by atoms with Gasteiger partial charge in [-0.1, -0.05) is 18.7 Å². The number of sulfonamides is 1. The van der Waals surface area contributed by atoms with E-state index in [0.717, 1.165) is 17.1 Å². The van der Waals surface area contributed by atoms with Gasteiger partial charge in [-0.25, -0.2) is 8.42 Å². The molecule has 9 heteroatoms. The lowest BCUT2D eigenvalue weighted by Crippen LogP contribution is -2.25. The zero-order chi connectivity index (χ0) is 13.8. The topological polar surface area (TPSA) is 111 Å². The van der Waals surface area contributed by atoms with E-state index in [0.29, 0.717) is 0 Å². The van der Waals surface area contributed by atoms with Gasteiger partial charge < -0.3 is 5.11 Å². The molecule has 0 aromatic carbocycles. The Labute approximate surface area is 105 Å². The molecule has 18 heavy (non-hydrogen) atoms. The summed E-state index contributed by atoms with van der Waals surface area (Å²) in [5.41, 5.74) is 0. The van der Waals surface area contributed by atoms with Crippen LogP contribution in [0.2, 0.25) is 0 Å². The Morgan fingerprint density at radius 3 is 2.83 bits per heavy atom. The molecule has 0 aliphatic rings. The molecule has 0 unspecified atom stereocenters. The van der Waals surface area contributed by atoms with Crippen LogP contribution in [0.3, 0.4) is 0 Å². The van der Waals surface area contributed by atoms with Crippen LogP contribution in [0.15, 0.2) is 17.3 Å². The normalized spacial score (nSPS) is 11.9. The van der Waals surface area contributed by atoms with Gasteiger partial charge in [0.25, 0.3) is 10.0 Å². The number of rotatable bonds is 7. The number of nitrogens with one attached hydrogen (secondary N) is 1. The average molecular weight is 277 g/mol. The highest BCUT2D eigenvalue weighted by molar-refractivity contribution is 7.89. The third-order valence-electron chi connectivity index (χ3n) is 1.80. The standard InChI is InChI=1S/C9H15N3O5S/c1-7(2)6-17-11-18(15,16)8-3-10-12(4-8)5-9(13)14/h3-4,7,11H,5-6H2,1-2H3,(H,13,14). The molecule has 102 valence electrons. The number of hydrogen-bond acceptors (Lipinski definition) is 5. The maximum atomic E-state index is 11.7. The van der Waals surface area contributed by atoms with Crippen molar-refractivity contribution in [2.45, 2.75) is 25.3 Å². The molecule has 0 radical (unpaired) electrons. The van der Waals surface area contributed by atoms with Gasteiger partial charge >= 0.3 is 5.97 Å². The highest BCUT2D eigenvalue weighted by Gasteiger charge is 2.17. The zero-order valence-electron chi connectivity index (χ0n) is 10.0. The first-order valence-corrected chi connectivity index (χ1v) is 6.67. The first-order chi connectivity index (χ1) is 8.31. The summed E-state index contributed by atoms with van der Waals surface area (Å²) >= 11 is 0. The van der Waals surface area contributed by atoms with Crippen molar-refractivity contribution >= 4 is 16.0 Å². The summed E-state index contributed by atoms with van der Waals surface area (Å²) in [5, 5.41) is 12.2. The third kappa shape index (κ3) is 4.43. The van der Waals surface area contributed by atoms with E-state index < -0.39 is 22.5 Å². The molecule has 0 atom stereocenters. The molecule has 0 aliphatic carbocycles. The summed E-state index contributed by atoms with van der Waals surface area (Å²) in [6, 6.07) is 0. The van der Waals surface area contributed by atoms with Crippen LogP contribution in [0.4, 0.5) is 0 Å². The highest BCUT2D eigenvalue weighted by atomic mass is 32.2. The molecule has 1 aromatic rings. The minimum absolute atomic E-state index is 0.146. The Hall–Kier alpha value is -1.45. The predicted molar refractivity (Wildman–Crippen MR) is 61.0 cm³/mol.